The Morgan fingerprint density at radius 2 is 1.84 bits per heavy atom. The van der Waals surface area contributed by atoms with Crippen molar-refractivity contribution in [3.8, 4) is 17.6 Å². The van der Waals surface area contributed by atoms with Gasteiger partial charge in [-0.25, -0.2) is 4.79 Å². The number of nitrogens with one attached hydrogen (secondary N) is 2. The van der Waals surface area contributed by atoms with Gasteiger partial charge in [0.25, 0.3) is 5.91 Å². The fourth-order valence-electron chi connectivity index (χ4n) is 4.16. The predicted octanol–water partition coefficient (Wildman–Crippen LogP) is 4.69. The second-order valence-corrected chi connectivity index (χ2v) is 9.38. The van der Waals surface area contributed by atoms with Gasteiger partial charge in [0.1, 0.15) is 5.75 Å². The lowest BCUT2D eigenvalue weighted by atomic mass is 10.0. The van der Waals surface area contributed by atoms with Gasteiger partial charge in [0.05, 0.1) is 29.9 Å². The van der Waals surface area contributed by atoms with E-state index in [0.717, 1.165) is 22.0 Å². The lowest BCUT2D eigenvalue weighted by Gasteiger charge is -2.19. The van der Waals surface area contributed by atoms with Gasteiger partial charge in [-0.15, -0.1) is 0 Å². The number of aryl methyl sites for hydroxylation is 1. The first-order chi connectivity index (χ1) is 18.2. The van der Waals surface area contributed by atoms with Crippen molar-refractivity contribution in [2.24, 2.45) is 0 Å². The monoisotopic (exact) mass is 510 g/mol. The number of ether oxygens (including phenoxy) is 1. The quantitative estimate of drug-likeness (QED) is 0.257. The lowest BCUT2D eigenvalue weighted by Crippen LogP contribution is -2.39. The van der Waals surface area contributed by atoms with E-state index >= 15 is 0 Å². The molecule has 0 aliphatic rings. The van der Waals surface area contributed by atoms with Crippen LogP contribution in [0.2, 0.25) is 0 Å². The fourth-order valence-corrected chi connectivity index (χ4v) is 4.16. The van der Waals surface area contributed by atoms with Crippen LogP contribution in [0.25, 0.3) is 10.9 Å². The number of carbonyl (C=O) groups excluding carboxylic acids is 1. The summed E-state index contributed by atoms with van der Waals surface area (Å²) in [5.41, 5.74) is 4.47. The van der Waals surface area contributed by atoms with Crippen molar-refractivity contribution in [1.82, 2.24) is 10.3 Å². The number of aromatic nitrogens is 1. The van der Waals surface area contributed by atoms with Gasteiger partial charge in [0, 0.05) is 28.2 Å². The van der Waals surface area contributed by atoms with Crippen LogP contribution in [0.1, 0.15) is 56.8 Å². The molecule has 1 heterocycles. The summed E-state index contributed by atoms with van der Waals surface area (Å²) in [6.07, 6.45) is 2.19. The van der Waals surface area contributed by atoms with Crippen molar-refractivity contribution >= 4 is 22.8 Å². The standard InChI is InChI=1S/C31H30N2O5/c1-19(2)38-29-13-10-21(9-12-22-15-23(31(36)37)11-8-20(22)3)14-27(29)30(35)33-25(18-34)16-24-17-32-28-7-5-4-6-26(24)28/h4-8,10-11,13-15,17,19,25,32,34H,16,18H2,1-3H3,(H,33,35)(H,36,37)/t25-/m1/s1. The summed E-state index contributed by atoms with van der Waals surface area (Å²) in [7, 11) is 0. The van der Waals surface area contributed by atoms with E-state index in [9.17, 15) is 19.8 Å². The first-order valence-electron chi connectivity index (χ1n) is 12.4. The number of aliphatic hydroxyl groups is 1. The maximum atomic E-state index is 13.4. The van der Waals surface area contributed by atoms with Crippen LogP contribution in [0.4, 0.5) is 0 Å². The number of hydrogen-bond donors (Lipinski definition) is 4. The SMILES string of the molecule is Cc1ccc(C(=O)O)cc1C#Cc1ccc(OC(C)C)c(C(=O)N[C@@H](CO)Cc2c[nH]c3ccccc23)c1. The Hall–Kier alpha value is -4.54. The summed E-state index contributed by atoms with van der Waals surface area (Å²) >= 11 is 0. The maximum absolute atomic E-state index is 13.4. The number of carbonyl (C=O) groups is 2. The van der Waals surface area contributed by atoms with Crippen molar-refractivity contribution in [2.75, 3.05) is 6.61 Å². The van der Waals surface area contributed by atoms with E-state index in [-0.39, 0.29) is 24.2 Å². The minimum absolute atomic E-state index is 0.153. The molecule has 0 aliphatic heterocycles. The van der Waals surface area contributed by atoms with Crippen LogP contribution in [-0.4, -0.2) is 45.8 Å². The van der Waals surface area contributed by atoms with E-state index < -0.39 is 12.0 Å². The van der Waals surface area contributed by atoms with Crippen LogP contribution in [-0.2, 0) is 6.42 Å². The molecule has 0 bridgehead atoms. The number of fused-ring (bicyclic) bond motifs is 1. The van der Waals surface area contributed by atoms with Crippen molar-refractivity contribution in [2.45, 2.75) is 39.3 Å². The number of hydrogen-bond acceptors (Lipinski definition) is 4. The number of rotatable bonds is 8. The molecule has 0 spiro atoms. The van der Waals surface area contributed by atoms with Gasteiger partial charge >= 0.3 is 5.97 Å². The molecule has 7 nitrogen and oxygen atoms in total. The molecular weight excluding hydrogens is 480 g/mol. The smallest absolute Gasteiger partial charge is 0.335 e. The number of carboxylic acid groups (broad SMARTS) is 1. The Morgan fingerprint density at radius 1 is 1.05 bits per heavy atom. The molecule has 0 saturated heterocycles. The van der Waals surface area contributed by atoms with Crippen LogP contribution in [0.5, 0.6) is 5.75 Å². The van der Waals surface area contributed by atoms with Gasteiger partial charge < -0.3 is 25.3 Å². The molecule has 0 aliphatic carbocycles. The number of H-pyrrole nitrogens is 1. The number of benzene rings is 3. The number of aliphatic hydroxyl groups excluding tert-OH is 1. The molecular formula is C31H30N2O5. The topological polar surface area (TPSA) is 112 Å². The van der Waals surface area contributed by atoms with Gasteiger partial charge in [0.2, 0.25) is 0 Å². The van der Waals surface area contributed by atoms with Gasteiger partial charge in [-0.2, -0.15) is 0 Å². The zero-order valence-electron chi connectivity index (χ0n) is 21.5. The lowest BCUT2D eigenvalue weighted by molar-refractivity contribution is 0.0696. The Morgan fingerprint density at radius 3 is 2.58 bits per heavy atom. The summed E-state index contributed by atoms with van der Waals surface area (Å²) < 4.78 is 5.88. The summed E-state index contributed by atoms with van der Waals surface area (Å²) in [5, 5.41) is 23.3. The molecule has 3 aromatic carbocycles. The average Bonchev–Trinajstić information content (AvgIpc) is 3.30. The van der Waals surface area contributed by atoms with Crippen LogP contribution >= 0.6 is 0 Å². The molecule has 0 fully saturated rings. The summed E-state index contributed by atoms with van der Waals surface area (Å²) in [4.78, 5) is 27.9. The number of aromatic carboxylic acids is 1. The highest BCUT2D eigenvalue weighted by molar-refractivity contribution is 5.97. The molecule has 0 saturated carbocycles. The van der Waals surface area contributed by atoms with Crippen LogP contribution < -0.4 is 10.1 Å². The summed E-state index contributed by atoms with van der Waals surface area (Å²) in [5.74, 6) is 5.07. The van der Waals surface area contributed by atoms with Gasteiger partial charge in [0.15, 0.2) is 0 Å². The van der Waals surface area contributed by atoms with E-state index in [4.69, 9.17) is 4.74 Å². The van der Waals surface area contributed by atoms with E-state index in [0.29, 0.717) is 28.9 Å². The van der Waals surface area contributed by atoms with Crippen LogP contribution in [0, 0.1) is 18.8 Å². The van der Waals surface area contributed by atoms with Crippen molar-refractivity contribution < 1.29 is 24.5 Å². The molecule has 1 aromatic heterocycles. The minimum atomic E-state index is -1.02. The molecule has 194 valence electrons. The Bertz CT molecular complexity index is 1540. The molecule has 38 heavy (non-hydrogen) atoms. The zero-order valence-corrected chi connectivity index (χ0v) is 21.5. The fraction of sp³-hybridized carbons (Fsp3) is 0.226. The average molecular weight is 511 g/mol. The van der Waals surface area contributed by atoms with Crippen LogP contribution in [0.3, 0.4) is 0 Å². The number of amides is 1. The maximum Gasteiger partial charge on any atom is 0.335 e. The van der Waals surface area contributed by atoms with Gasteiger partial charge in [-0.05, 0) is 74.7 Å². The third-order valence-electron chi connectivity index (χ3n) is 6.11. The number of para-hydroxylation sites is 1. The van der Waals surface area contributed by atoms with Gasteiger partial charge in [-0.1, -0.05) is 36.1 Å². The predicted molar refractivity (Wildman–Crippen MR) is 147 cm³/mol. The van der Waals surface area contributed by atoms with E-state index in [1.807, 2.05) is 51.2 Å². The molecule has 0 radical (unpaired) electrons. The number of aromatic amines is 1. The highest BCUT2D eigenvalue weighted by atomic mass is 16.5. The van der Waals surface area contributed by atoms with Gasteiger partial charge in [-0.3, -0.25) is 4.79 Å². The van der Waals surface area contributed by atoms with E-state index in [2.05, 4.69) is 22.1 Å². The molecule has 7 heteroatoms. The van der Waals surface area contributed by atoms with Crippen molar-refractivity contribution in [3.05, 3.63) is 100 Å². The highest BCUT2D eigenvalue weighted by Crippen LogP contribution is 2.23. The largest absolute Gasteiger partial charge is 0.490 e. The Kier molecular flexibility index (Phi) is 8.15. The Labute approximate surface area is 221 Å². The van der Waals surface area contributed by atoms with E-state index in [1.54, 1.807) is 24.3 Å². The molecule has 4 rings (SSSR count). The Balaban J connectivity index is 1.60. The highest BCUT2D eigenvalue weighted by Gasteiger charge is 2.19. The second kappa shape index (κ2) is 11.7. The van der Waals surface area contributed by atoms with Crippen molar-refractivity contribution in [3.63, 3.8) is 0 Å². The molecule has 4 N–H and O–H groups in total. The third kappa shape index (κ3) is 6.23. The third-order valence-corrected chi connectivity index (χ3v) is 6.11. The summed E-state index contributed by atoms with van der Waals surface area (Å²) in [6.45, 7) is 5.38. The molecule has 1 amide bonds. The number of carboxylic acids is 1. The molecule has 4 aromatic rings. The normalized spacial score (nSPS) is 11.6. The first kappa shape index (κ1) is 26.5. The minimum Gasteiger partial charge on any atom is -0.490 e. The van der Waals surface area contributed by atoms with E-state index in [1.165, 1.54) is 12.1 Å². The van der Waals surface area contributed by atoms with Crippen molar-refractivity contribution in [1.29, 1.82) is 0 Å². The first-order valence-corrected chi connectivity index (χ1v) is 12.4. The second-order valence-electron chi connectivity index (χ2n) is 9.38. The zero-order chi connectivity index (χ0) is 27.2. The van der Waals surface area contributed by atoms with Crippen LogP contribution in [0.15, 0.2) is 66.9 Å². The molecule has 0 unspecified atom stereocenters. The summed E-state index contributed by atoms with van der Waals surface area (Å²) in [6, 6.07) is 17.3. The molecule has 1 atom stereocenters.